The van der Waals surface area contributed by atoms with Crippen molar-refractivity contribution < 1.29 is 0 Å². The summed E-state index contributed by atoms with van der Waals surface area (Å²) in [6.07, 6.45) is 1.54. The number of hydrogen-bond acceptors (Lipinski definition) is 6. The molecule has 0 amide bonds. The Bertz CT molecular complexity index is 662. The van der Waals surface area contributed by atoms with Gasteiger partial charge in [0.15, 0.2) is 5.82 Å². The Labute approximate surface area is 102 Å². The van der Waals surface area contributed by atoms with Gasteiger partial charge in [-0.25, -0.2) is 4.98 Å². The summed E-state index contributed by atoms with van der Waals surface area (Å²) in [7, 11) is 0. The summed E-state index contributed by atoms with van der Waals surface area (Å²) in [4.78, 5) is 9.14. The van der Waals surface area contributed by atoms with Crippen LogP contribution in [0, 0.1) is 0 Å². The highest BCUT2D eigenvalue weighted by Crippen LogP contribution is 2.12. The van der Waals surface area contributed by atoms with Gasteiger partial charge in [0.25, 0.3) is 0 Å². The molecule has 18 heavy (non-hydrogen) atoms. The number of nitrogen functional groups attached to an aromatic ring is 1. The molecule has 0 spiro atoms. The molecule has 0 bridgehead atoms. The van der Waals surface area contributed by atoms with Gasteiger partial charge in [-0.05, 0) is 5.21 Å². The zero-order chi connectivity index (χ0) is 12.4. The fourth-order valence-corrected chi connectivity index (χ4v) is 1.49. The molecule has 0 aliphatic heterocycles. The van der Waals surface area contributed by atoms with Gasteiger partial charge in [-0.15, -0.1) is 15.0 Å². The lowest BCUT2D eigenvalue weighted by molar-refractivity contribution is 0.699. The fraction of sp³-hybridized carbons (Fsp3) is 0. The summed E-state index contributed by atoms with van der Waals surface area (Å²) >= 11 is 0. The first-order chi connectivity index (χ1) is 8.83. The van der Waals surface area contributed by atoms with Gasteiger partial charge in [-0.2, -0.15) is 4.98 Å². The van der Waals surface area contributed by atoms with E-state index in [0.29, 0.717) is 11.6 Å². The molecule has 7 nitrogen and oxygen atoms in total. The number of tetrazole rings is 1. The maximum atomic E-state index is 5.50. The second kappa shape index (κ2) is 4.21. The van der Waals surface area contributed by atoms with Crippen molar-refractivity contribution in [2.45, 2.75) is 0 Å². The molecular formula is C11H9N7. The van der Waals surface area contributed by atoms with E-state index in [0.717, 1.165) is 5.56 Å². The highest BCUT2D eigenvalue weighted by molar-refractivity contribution is 5.53. The lowest BCUT2D eigenvalue weighted by Crippen LogP contribution is -2.05. The van der Waals surface area contributed by atoms with Crippen LogP contribution in [0.1, 0.15) is 0 Å². The monoisotopic (exact) mass is 239 g/mol. The van der Waals surface area contributed by atoms with Crippen LogP contribution in [-0.2, 0) is 0 Å². The van der Waals surface area contributed by atoms with Crippen molar-refractivity contribution in [3.8, 4) is 17.2 Å². The minimum Gasteiger partial charge on any atom is -0.368 e. The van der Waals surface area contributed by atoms with Gasteiger partial charge in [-0.1, -0.05) is 30.3 Å². The Morgan fingerprint density at radius 3 is 2.67 bits per heavy atom. The van der Waals surface area contributed by atoms with Gasteiger partial charge in [0.2, 0.25) is 11.8 Å². The van der Waals surface area contributed by atoms with E-state index >= 15 is 0 Å². The maximum absolute atomic E-state index is 5.50. The van der Waals surface area contributed by atoms with Crippen molar-refractivity contribution in [1.29, 1.82) is 0 Å². The fourth-order valence-electron chi connectivity index (χ4n) is 1.49. The molecule has 7 heteroatoms. The van der Waals surface area contributed by atoms with Crippen molar-refractivity contribution >= 4 is 5.95 Å². The van der Waals surface area contributed by atoms with Gasteiger partial charge in [0.05, 0.1) is 0 Å². The number of benzene rings is 1. The minimum atomic E-state index is 0.172. The van der Waals surface area contributed by atoms with Gasteiger partial charge in [-0.3, -0.25) is 0 Å². The third kappa shape index (κ3) is 1.88. The molecular weight excluding hydrogens is 230 g/mol. The van der Waals surface area contributed by atoms with Gasteiger partial charge in [0.1, 0.15) is 0 Å². The number of rotatable bonds is 2. The average Bonchev–Trinajstić information content (AvgIpc) is 2.89. The smallest absolute Gasteiger partial charge is 0.222 e. The molecule has 0 fully saturated rings. The normalized spacial score (nSPS) is 10.4. The Morgan fingerprint density at radius 1 is 1.06 bits per heavy atom. The average molecular weight is 239 g/mol. The highest BCUT2D eigenvalue weighted by Gasteiger charge is 2.07. The number of nitrogens with zero attached hydrogens (tertiary/aromatic N) is 6. The number of aromatic nitrogens is 6. The van der Waals surface area contributed by atoms with Gasteiger partial charge in [0, 0.05) is 17.8 Å². The van der Waals surface area contributed by atoms with Crippen LogP contribution in [0.5, 0.6) is 0 Å². The third-order valence-electron chi connectivity index (χ3n) is 2.31. The molecule has 3 rings (SSSR count). The largest absolute Gasteiger partial charge is 0.368 e. The molecule has 88 valence electrons. The minimum absolute atomic E-state index is 0.172. The second-order valence-electron chi connectivity index (χ2n) is 3.54. The molecule has 2 heterocycles. The first kappa shape index (κ1) is 10.3. The molecule has 3 aromatic rings. The van der Waals surface area contributed by atoms with Crippen LogP contribution in [0.3, 0.4) is 0 Å². The van der Waals surface area contributed by atoms with Crippen molar-refractivity contribution in [2.75, 3.05) is 5.73 Å². The van der Waals surface area contributed by atoms with Crippen LogP contribution in [0.25, 0.3) is 17.2 Å². The molecule has 0 aliphatic carbocycles. The molecule has 2 N–H and O–H groups in total. The maximum Gasteiger partial charge on any atom is 0.222 e. The summed E-state index contributed by atoms with van der Waals surface area (Å²) in [5.74, 6) is 1.19. The molecule has 2 aromatic heterocycles. The van der Waals surface area contributed by atoms with E-state index in [2.05, 4.69) is 25.4 Å². The van der Waals surface area contributed by atoms with E-state index in [4.69, 9.17) is 5.73 Å². The third-order valence-corrected chi connectivity index (χ3v) is 2.31. The van der Waals surface area contributed by atoms with E-state index in [1.165, 1.54) is 4.80 Å². The Balaban J connectivity index is 2.00. The van der Waals surface area contributed by atoms with Crippen LogP contribution in [0.15, 0.2) is 42.6 Å². The lowest BCUT2D eigenvalue weighted by atomic mass is 10.2. The first-order valence-electron chi connectivity index (χ1n) is 5.27. The first-order valence-corrected chi connectivity index (χ1v) is 5.27. The van der Waals surface area contributed by atoms with Crippen LogP contribution in [0.4, 0.5) is 5.95 Å². The SMILES string of the molecule is Nc1nccc(-n2nnc(-c3ccccc3)n2)n1. The summed E-state index contributed by atoms with van der Waals surface area (Å²) in [6.45, 7) is 0. The van der Waals surface area contributed by atoms with E-state index in [-0.39, 0.29) is 5.95 Å². The molecule has 0 unspecified atom stereocenters. The van der Waals surface area contributed by atoms with Gasteiger partial charge < -0.3 is 5.73 Å². The predicted molar refractivity (Wildman–Crippen MR) is 64.6 cm³/mol. The second-order valence-corrected chi connectivity index (χ2v) is 3.54. The molecule has 0 saturated heterocycles. The number of nitrogens with two attached hydrogens (primary N) is 1. The number of hydrogen-bond donors (Lipinski definition) is 1. The number of anilines is 1. The van der Waals surface area contributed by atoms with Crippen LogP contribution < -0.4 is 5.73 Å². The Morgan fingerprint density at radius 2 is 1.89 bits per heavy atom. The zero-order valence-electron chi connectivity index (χ0n) is 9.30. The predicted octanol–water partition coefficient (Wildman–Crippen LogP) is 0.701. The van der Waals surface area contributed by atoms with Crippen molar-refractivity contribution in [3.05, 3.63) is 42.6 Å². The van der Waals surface area contributed by atoms with E-state index in [9.17, 15) is 0 Å². The van der Waals surface area contributed by atoms with Crippen LogP contribution >= 0.6 is 0 Å². The topological polar surface area (TPSA) is 95.4 Å². The van der Waals surface area contributed by atoms with E-state index in [1.807, 2.05) is 30.3 Å². The molecule has 0 radical (unpaired) electrons. The summed E-state index contributed by atoms with van der Waals surface area (Å²) in [5.41, 5.74) is 6.40. The zero-order valence-corrected chi connectivity index (χ0v) is 9.30. The molecule has 0 aliphatic rings. The van der Waals surface area contributed by atoms with Crippen molar-refractivity contribution in [1.82, 2.24) is 30.2 Å². The molecule has 0 atom stereocenters. The molecule has 0 saturated carbocycles. The molecule has 1 aromatic carbocycles. The van der Waals surface area contributed by atoms with E-state index < -0.39 is 0 Å². The van der Waals surface area contributed by atoms with E-state index in [1.54, 1.807) is 12.3 Å². The summed E-state index contributed by atoms with van der Waals surface area (Å²) in [5, 5.41) is 12.1. The van der Waals surface area contributed by atoms with Crippen molar-refractivity contribution in [3.63, 3.8) is 0 Å². The summed E-state index contributed by atoms with van der Waals surface area (Å²) in [6, 6.07) is 11.2. The van der Waals surface area contributed by atoms with Crippen LogP contribution in [-0.4, -0.2) is 30.2 Å². The Hall–Kier alpha value is -2.83. The quantitative estimate of drug-likeness (QED) is 0.707. The Kier molecular flexibility index (Phi) is 2.41. The summed E-state index contributed by atoms with van der Waals surface area (Å²) < 4.78 is 0. The standard InChI is InChI=1S/C11H9N7/c12-11-13-7-6-9(14-11)18-16-10(15-17-18)8-4-2-1-3-5-8/h1-7H,(H2,12,13,14). The van der Waals surface area contributed by atoms with Crippen LogP contribution in [0.2, 0.25) is 0 Å². The van der Waals surface area contributed by atoms with Crippen molar-refractivity contribution in [2.24, 2.45) is 0 Å². The van der Waals surface area contributed by atoms with Gasteiger partial charge >= 0.3 is 0 Å². The lowest BCUT2D eigenvalue weighted by Gasteiger charge is -1.96. The highest BCUT2D eigenvalue weighted by atomic mass is 15.6.